The summed E-state index contributed by atoms with van der Waals surface area (Å²) < 4.78 is 11.8. The number of aryl methyl sites for hydroxylation is 3. The summed E-state index contributed by atoms with van der Waals surface area (Å²) in [7, 11) is 1.48. The van der Waals surface area contributed by atoms with Gasteiger partial charge in [-0.1, -0.05) is 25.1 Å². The minimum atomic E-state index is -0.905. The van der Waals surface area contributed by atoms with Gasteiger partial charge in [-0.05, 0) is 102 Å². The number of methoxy groups -OCH3 is 1. The largest absolute Gasteiger partial charge is 0.493 e. The fourth-order valence-corrected chi connectivity index (χ4v) is 4.34. The normalized spacial score (nSPS) is 10.7. The van der Waals surface area contributed by atoms with Crippen LogP contribution in [0, 0.1) is 17.4 Å². The number of halogens is 1. The molecule has 0 atom stereocenters. The maximum absolute atomic E-state index is 12.4. The number of ether oxygens (including phenoxy) is 2. The molecule has 0 radical (unpaired) electrons. The molecule has 0 bridgehead atoms. The lowest BCUT2D eigenvalue weighted by Crippen LogP contribution is -2.32. The van der Waals surface area contributed by atoms with E-state index in [1.165, 1.54) is 13.3 Å². The van der Waals surface area contributed by atoms with E-state index in [2.05, 4.69) is 43.8 Å². The van der Waals surface area contributed by atoms with Crippen LogP contribution in [0.3, 0.4) is 0 Å². The third-order valence-corrected chi connectivity index (χ3v) is 6.11. The van der Waals surface area contributed by atoms with E-state index in [9.17, 15) is 14.4 Å². The van der Waals surface area contributed by atoms with Crippen molar-refractivity contribution in [2.24, 2.45) is 5.10 Å². The van der Waals surface area contributed by atoms with Gasteiger partial charge in [0.2, 0.25) is 0 Å². The van der Waals surface area contributed by atoms with Gasteiger partial charge in [0.15, 0.2) is 18.1 Å². The van der Waals surface area contributed by atoms with Crippen LogP contribution in [-0.4, -0.2) is 37.7 Å². The second-order valence-electron chi connectivity index (χ2n) is 8.45. The van der Waals surface area contributed by atoms with Crippen LogP contribution in [0.5, 0.6) is 11.5 Å². The lowest BCUT2D eigenvalue weighted by Gasteiger charge is -2.14. The van der Waals surface area contributed by atoms with Gasteiger partial charge in [0.25, 0.3) is 5.91 Å². The SMILES string of the molecule is CCc1ccc(NC(=O)C(=O)N/N=C/c2cc(I)c(OCC(=O)Nc3cc(C)cc(C)c3)c(OC)c2)cc1. The molecule has 0 unspecified atom stereocenters. The Morgan fingerprint density at radius 3 is 2.24 bits per heavy atom. The number of hydrogen-bond acceptors (Lipinski definition) is 6. The number of nitrogens with zero attached hydrogens (tertiary/aromatic N) is 1. The molecule has 0 aromatic heterocycles. The Hall–Kier alpha value is -3.93. The maximum atomic E-state index is 12.4. The van der Waals surface area contributed by atoms with Crippen molar-refractivity contribution in [1.29, 1.82) is 0 Å². The van der Waals surface area contributed by atoms with Crippen LogP contribution in [0.1, 0.15) is 29.2 Å². The van der Waals surface area contributed by atoms with Crippen LogP contribution in [0.15, 0.2) is 59.7 Å². The molecule has 3 amide bonds. The Morgan fingerprint density at radius 1 is 0.921 bits per heavy atom. The Morgan fingerprint density at radius 2 is 1.61 bits per heavy atom. The van der Waals surface area contributed by atoms with Crippen LogP contribution in [0.2, 0.25) is 0 Å². The topological polar surface area (TPSA) is 118 Å². The lowest BCUT2D eigenvalue weighted by molar-refractivity contribution is -0.136. The van der Waals surface area contributed by atoms with Gasteiger partial charge in [-0.2, -0.15) is 5.10 Å². The van der Waals surface area contributed by atoms with Crippen LogP contribution in [0.4, 0.5) is 11.4 Å². The zero-order valence-corrected chi connectivity index (χ0v) is 23.7. The molecule has 9 nitrogen and oxygen atoms in total. The van der Waals surface area contributed by atoms with Crippen LogP contribution in [0.25, 0.3) is 0 Å². The van der Waals surface area contributed by atoms with Gasteiger partial charge in [-0.3, -0.25) is 14.4 Å². The Labute approximate surface area is 235 Å². The molecular formula is C28H29IN4O5. The smallest absolute Gasteiger partial charge is 0.329 e. The first kappa shape index (κ1) is 28.6. The number of anilines is 2. The predicted octanol–water partition coefficient (Wildman–Crippen LogP) is 4.59. The minimum Gasteiger partial charge on any atom is -0.493 e. The Balaban J connectivity index is 1.57. The molecule has 10 heteroatoms. The van der Waals surface area contributed by atoms with Gasteiger partial charge in [0.1, 0.15) is 0 Å². The standard InChI is InChI=1S/C28H29IN4O5/c1-5-19-6-8-21(9-7-19)32-27(35)28(36)33-30-15-20-13-23(29)26(24(14-20)37-4)38-16-25(34)31-22-11-17(2)10-18(3)12-22/h6-15H,5,16H2,1-4H3,(H,31,34)(H,32,35)(H,33,36)/b30-15+. The fraction of sp³-hybridized carbons (Fsp3) is 0.214. The molecule has 3 aromatic carbocycles. The third-order valence-electron chi connectivity index (χ3n) is 5.31. The molecule has 3 rings (SSSR count). The van der Waals surface area contributed by atoms with E-state index in [-0.39, 0.29) is 12.5 Å². The molecule has 0 saturated carbocycles. The zero-order chi connectivity index (χ0) is 27.7. The number of benzene rings is 3. The molecule has 0 fully saturated rings. The van der Waals surface area contributed by atoms with E-state index in [1.807, 2.05) is 51.1 Å². The van der Waals surface area contributed by atoms with Crippen molar-refractivity contribution in [2.45, 2.75) is 27.2 Å². The number of rotatable bonds is 9. The van der Waals surface area contributed by atoms with Crippen molar-refractivity contribution in [2.75, 3.05) is 24.4 Å². The second-order valence-corrected chi connectivity index (χ2v) is 9.61. The van der Waals surface area contributed by atoms with Crippen molar-refractivity contribution in [1.82, 2.24) is 5.43 Å². The van der Waals surface area contributed by atoms with Gasteiger partial charge in [-0.15, -0.1) is 0 Å². The van der Waals surface area contributed by atoms with Gasteiger partial charge in [-0.25, -0.2) is 5.43 Å². The highest BCUT2D eigenvalue weighted by Crippen LogP contribution is 2.33. The first-order chi connectivity index (χ1) is 18.2. The summed E-state index contributed by atoms with van der Waals surface area (Å²) in [6.45, 7) is 5.75. The van der Waals surface area contributed by atoms with Gasteiger partial charge < -0.3 is 20.1 Å². The minimum absolute atomic E-state index is 0.209. The molecule has 0 spiro atoms. The summed E-state index contributed by atoms with van der Waals surface area (Å²) in [5, 5.41) is 9.22. The number of hydrazone groups is 1. The van der Waals surface area contributed by atoms with Crippen molar-refractivity contribution in [3.8, 4) is 11.5 Å². The molecule has 3 N–H and O–H groups in total. The molecule has 0 aliphatic rings. The van der Waals surface area contributed by atoms with E-state index in [0.29, 0.717) is 32.0 Å². The van der Waals surface area contributed by atoms with Crippen molar-refractivity contribution >= 4 is 57.9 Å². The Bertz CT molecular complexity index is 1340. The molecule has 0 aliphatic carbocycles. The Kier molecular flexibility index (Phi) is 10.2. The molecule has 198 valence electrons. The molecular weight excluding hydrogens is 599 g/mol. The third kappa shape index (κ3) is 8.30. The van der Waals surface area contributed by atoms with Crippen molar-refractivity contribution in [3.05, 3.63) is 80.4 Å². The summed E-state index contributed by atoms with van der Waals surface area (Å²) in [6, 6.07) is 16.4. The highest BCUT2D eigenvalue weighted by molar-refractivity contribution is 14.1. The van der Waals surface area contributed by atoms with Gasteiger partial charge in [0.05, 0.1) is 16.9 Å². The average Bonchev–Trinajstić information content (AvgIpc) is 2.87. The van der Waals surface area contributed by atoms with E-state index in [1.54, 1.807) is 24.3 Å². The van der Waals surface area contributed by atoms with Gasteiger partial charge >= 0.3 is 11.8 Å². The van der Waals surface area contributed by atoms with E-state index in [4.69, 9.17) is 9.47 Å². The van der Waals surface area contributed by atoms with E-state index < -0.39 is 11.8 Å². The molecule has 0 heterocycles. The van der Waals surface area contributed by atoms with Crippen LogP contribution in [-0.2, 0) is 20.8 Å². The van der Waals surface area contributed by atoms with Gasteiger partial charge in [0, 0.05) is 11.4 Å². The van der Waals surface area contributed by atoms with Crippen molar-refractivity contribution in [3.63, 3.8) is 0 Å². The molecule has 0 aliphatic heterocycles. The zero-order valence-electron chi connectivity index (χ0n) is 21.6. The fourth-order valence-electron chi connectivity index (χ4n) is 3.56. The van der Waals surface area contributed by atoms with E-state index in [0.717, 1.165) is 23.1 Å². The first-order valence-electron chi connectivity index (χ1n) is 11.8. The number of amides is 3. The second kappa shape index (κ2) is 13.6. The molecule has 38 heavy (non-hydrogen) atoms. The van der Waals surface area contributed by atoms with Crippen LogP contribution >= 0.6 is 22.6 Å². The van der Waals surface area contributed by atoms with Crippen molar-refractivity contribution < 1.29 is 23.9 Å². The summed E-state index contributed by atoms with van der Waals surface area (Å²) in [5.74, 6) is -1.25. The summed E-state index contributed by atoms with van der Waals surface area (Å²) >= 11 is 2.06. The number of hydrogen-bond donors (Lipinski definition) is 3. The number of nitrogens with one attached hydrogen (secondary N) is 3. The first-order valence-corrected chi connectivity index (χ1v) is 12.9. The quantitative estimate of drug-likeness (QED) is 0.139. The van der Waals surface area contributed by atoms with Crippen LogP contribution < -0.4 is 25.5 Å². The highest BCUT2D eigenvalue weighted by Gasteiger charge is 2.15. The predicted molar refractivity (Wildman–Crippen MR) is 156 cm³/mol. The molecule has 3 aromatic rings. The highest BCUT2D eigenvalue weighted by atomic mass is 127. The summed E-state index contributed by atoms with van der Waals surface area (Å²) in [4.78, 5) is 36.6. The number of carbonyl (C=O) groups is 3. The number of carbonyl (C=O) groups excluding carboxylic acids is 3. The van der Waals surface area contributed by atoms with E-state index >= 15 is 0 Å². The summed E-state index contributed by atoms with van der Waals surface area (Å²) in [6.07, 6.45) is 2.26. The lowest BCUT2D eigenvalue weighted by atomic mass is 10.1. The average molecular weight is 628 g/mol. The summed E-state index contributed by atoms with van der Waals surface area (Å²) in [5.41, 5.74) is 7.24. The molecule has 0 saturated heterocycles. The maximum Gasteiger partial charge on any atom is 0.329 e. The monoisotopic (exact) mass is 628 g/mol.